The molecule has 0 N–H and O–H groups in total. The van der Waals surface area contributed by atoms with Gasteiger partial charge in [-0.1, -0.05) is 6.92 Å². The van der Waals surface area contributed by atoms with E-state index in [1.54, 1.807) is 6.92 Å². The molecule has 1 aliphatic heterocycles. The van der Waals surface area contributed by atoms with Gasteiger partial charge in [0.1, 0.15) is 6.04 Å². The van der Waals surface area contributed by atoms with Crippen LogP contribution in [0.4, 0.5) is 0 Å². The van der Waals surface area contributed by atoms with Crippen LogP contribution in [-0.2, 0) is 10.2 Å². The third-order valence-electron chi connectivity index (χ3n) is 3.04. The molecular weight excluding hydrogens is 226 g/mol. The fourth-order valence-electron chi connectivity index (χ4n) is 1.82. The van der Waals surface area contributed by atoms with Crippen molar-refractivity contribution < 1.29 is 8.42 Å². The van der Waals surface area contributed by atoms with Crippen LogP contribution in [0.1, 0.15) is 26.7 Å². The van der Waals surface area contributed by atoms with Gasteiger partial charge in [-0.05, 0) is 25.7 Å². The summed E-state index contributed by atoms with van der Waals surface area (Å²) in [5.41, 5.74) is 0. The largest absolute Gasteiger partial charge is 0.282 e. The zero-order valence-corrected chi connectivity index (χ0v) is 10.9. The van der Waals surface area contributed by atoms with Crippen molar-refractivity contribution in [3.8, 4) is 6.07 Å². The fourth-order valence-corrected chi connectivity index (χ4v) is 3.43. The van der Waals surface area contributed by atoms with Crippen LogP contribution in [-0.4, -0.2) is 43.2 Å². The smallest absolute Gasteiger partial charge is 0.197 e. The lowest BCUT2D eigenvalue weighted by molar-refractivity contribution is 0.260. The molecule has 0 aromatic carbocycles. The van der Waals surface area contributed by atoms with Crippen LogP contribution in [0.25, 0.3) is 0 Å². The van der Waals surface area contributed by atoms with Crippen molar-refractivity contribution in [2.24, 2.45) is 5.92 Å². The zero-order valence-electron chi connectivity index (χ0n) is 10.0. The first-order valence-electron chi connectivity index (χ1n) is 5.52. The second-order valence-corrected chi connectivity index (χ2v) is 6.42. The minimum absolute atomic E-state index is 0.398. The SMILES string of the molecule is CC1CCCN(S(=O)(=O)N(C)C(C)C#N)C1. The van der Waals surface area contributed by atoms with Crippen LogP contribution >= 0.6 is 0 Å². The Balaban J connectivity index is 2.81. The Morgan fingerprint density at radius 2 is 2.19 bits per heavy atom. The Hall–Kier alpha value is -0.640. The van der Waals surface area contributed by atoms with Gasteiger partial charge < -0.3 is 0 Å². The molecule has 6 heteroatoms. The summed E-state index contributed by atoms with van der Waals surface area (Å²) in [5.74, 6) is 0.398. The third-order valence-corrected chi connectivity index (χ3v) is 5.07. The lowest BCUT2D eigenvalue weighted by Crippen LogP contribution is -2.48. The monoisotopic (exact) mass is 245 g/mol. The Bertz CT molecular complexity index is 374. The first-order valence-corrected chi connectivity index (χ1v) is 6.92. The number of hydrogen-bond acceptors (Lipinski definition) is 3. The average molecular weight is 245 g/mol. The summed E-state index contributed by atoms with van der Waals surface area (Å²) in [5, 5.41) is 8.74. The highest BCUT2D eigenvalue weighted by Crippen LogP contribution is 2.20. The van der Waals surface area contributed by atoms with E-state index < -0.39 is 16.3 Å². The summed E-state index contributed by atoms with van der Waals surface area (Å²) in [4.78, 5) is 0. The van der Waals surface area contributed by atoms with Gasteiger partial charge in [-0.25, -0.2) is 0 Å². The molecular formula is C10H19N3O2S. The molecule has 0 amide bonds. The second-order valence-electron chi connectivity index (χ2n) is 4.43. The van der Waals surface area contributed by atoms with Crippen molar-refractivity contribution in [3.63, 3.8) is 0 Å². The molecule has 0 aromatic rings. The van der Waals surface area contributed by atoms with Crippen LogP contribution in [0.2, 0.25) is 0 Å². The van der Waals surface area contributed by atoms with Crippen molar-refractivity contribution in [2.75, 3.05) is 20.1 Å². The molecule has 16 heavy (non-hydrogen) atoms. The molecule has 0 aliphatic carbocycles. The van der Waals surface area contributed by atoms with Crippen LogP contribution in [0.3, 0.4) is 0 Å². The van der Waals surface area contributed by atoms with Gasteiger partial charge in [-0.2, -0.15) is 22.3 Å². The van der Waals surface area contributed by atoms with Gasteiger partial charge in [-0.3, -0.25) is 0 Å². The summed E-state index contributed by atoms with van der Waals surface area (Å²) < 4.78 is 26.9. The van der Waals surface area contributed by atoms with Crippen molar-refractivity contribution in [1.82, 2.24) is 8.61 Å². The van der Waals surface area contributed by atoms with E-state index in [0.29, 0.717) is 19.0 Å². The standard InChI is InChI=1S/C10H19N3O2S/c1-9-5-4-6-13(8-9)16(14,15)12(3)10(2)7-11/h9-10H,4-6,8H2,1-3H3. The minimum atomic E-state index is -3.46. The van der Waals surface area contributed by atoms with Gasteiger partial charge in [-0.15, -0.1) is 0 Å². The van der Waals surface area contributed by atoms with Crippen molar-refractivity contribution >= 4 is 10.2 Å². The molecule has 0 bridgehead atoms. The van der Waals surface area contributed by atoms with E-state index in [4.69, 9.17) is 5.26 Å². The normalized spacial score (nSPS) is 25.3. The van der Waals surface area contributed by atoms with Crippen molar-refractivity contribution in [1.29, 1.82) is 5.26 Å². The highest BCUT2D eigenvalue weighted by Gasteiger charge is 2.32. The summed E-state index contributed by atoms with van der Waals surface area (Å²) >= 11 is 0. The first kappa shape index (κ1) is 13.4. The third kappa shape index (κ3) is 2.73. The van der Waals surface area contributed by atoms with Crippen LogP contribution in [0.15, 0.2) is 0 Å². The molecule has 1 saturated heterocycles. The van der Waals surface area contributed by atoms with E-state index in [2.05, 4.69) is 6.92 Å². The number of hydrogen-bond donors (Lipinski definition) is 0. The molecule has 1 rings (SSSR count). The molecule has 2 unspecified atom stereocenters. The lowest BCUT2D eigenvalue weighted by Gasteiger charge is -2.33. The van der Waals surface area contributed by atoms with E-state index in [0.717, 1.165) is 17.1 Å². The zero-order chi connectivity index (χ0) is 12.3. The highest BCUT2D eigenvalue weighted by atomic mass is 32.2. The molecule has 5 nitrogen and oxygen atoms in total. The molecule has 1 fully saturated rings. The maximum absolute atomic E-state index is 12.1. The minimum Gasteiger partial charge on any atom is -0.197 e. The topological polar surface area (TPSA) is 64.4 Å². The number of nitriles is 1. The fraction of sp³-hybridized carbons (Fsp3) is 0.900. The summed E-state index contributed by atoms with van der Waals surface area (Å²) in [7, 11) is -2.00. The van der Waals surface area contributed by atoms with Gasteiger partial charge in [0.25, 0.3) is 10.2 Å². The first-order chi connectivity index (χ1) is 7.39. The second kappa shape index (κ2) is 5.13. The Morgan fingerprint density at radius 3 is 2.69 bits per heavy atom. The van der Waals surface area contributed by atoms with Crippen LogP contribution in [0.5, 0.6) is 0 Å². The summed E-state index contributed by atoms with van der Waals surface area (Å²) in [6, 6.07) is 1.32. The molecule has 0 aromatic heterocycles. The maximum Gasteiger partial charge on any atom is 0.282 e. The van der Waals surface area contributed by atoms with E-state index in [1.807, 2.05) is 6.07 Å². The number of rotatable bonds is 3. The van der Waals surface area contributed by atoms with E-state index in [9.17, 15) is 8.42 Å². The predicted octanol–water partition coefficient (Wildman–Crippen LogP) is 0.807. The van der Waals surface area contributed by atoms with Crippen LogP contribution in [0, 0.1) is 17.2 Å². The van der Waals surface area contributed by atoms with Crippen molar-refractivity contribution in [3.05, 3.63) is 0 Å². The Labute approximate surface area is 97.8 Å². The summed E-state index contributed by atoms with van der Waals surface area (Å²) in [6.07, 6.45) is 1.97. The molecule has 1 aliphatic rings. The number of nitrogens with zero attached hydrogens (tertiary/aromatic N) is 3. The van der Waals surface area contributed by atoms with Gasteiger partial charge in [0.15, 0.2) is 0 Å². The predicted molar refractivity (Wildman–Crippen MR) is 61.7 cm³/mol. The average Bonchev–Trinajstić information content (AvgIpc) is 2.27. The quantitative estimate of drug-likeness (QED) is 0.739. The van der Waals surface area contributed by atoms with Gasteiger partial charge in [0.05, 0.1) is 6.07 Å². The number of piperidine rings is 1. The van der Waals surface area contributed by atoms with Crippen molar-refractivity contribution in [2.45, 2.75) is 32.7 Å². The summed E-state index contributed by atoms with van der Waals surface area (Å²) in [6.45, 7) is 4.76. The molecule has 1 heterocycles. The maximum atomic E-state index is 12.1. The van der Waals surface area contributed by atoms with E-state index >= 15 is 0 Å². The van der Waals surface area contributed by atoms with Crippen LogP contribution < -0.4 is 0 Å². The van der Waals surface area contributed by atoms with E-state index in [-0.39, 0.29) is 0 Å². The highest BCUT2D eigenvalue weighted by molar-refractivity contribution is 7.86. The van der Waals surface area contributed by atoms with Gasteiger partial charge >= 0.3 is 0 Å². The van der Waals surface area contributed by atoms with E-state index in [1.165, 1.54) is 11.4 Å². The Kier molecular flexibility index (Phi) is 4.30. The molecule has 0 spiro atoms. The molecule has 92 valence electrons. The lowest BCUT2D eigenvalue weighted by atomic mass is 10.0. The van der Waals surface area contributed by atoms with Gasteiger partial charge in [0.2, 0.25) is 0 Å². The molecule has 0 radical (unpaired) electrons. The Morgan fingerprint density at radius 1 is 1.56 bits per heavy atom. The molecule has 0 saturated carbocycles. The van der Waals surface area contributed by atoms with Gasteiger partial charge in [0, 0.05) is 20.1 Å². The molecule has 2 atom stereocenters.